The fourth-order valence-corrected chi connectivity index (χ4v) is 2.88. The molecule has 1 aliphatic rings. The summed E-state index contributed by atoms with van der Waals surface area (Å²) in [6.45, 7) is 2.65. The number of likely N-dealkylation sites (tertiary alicyclic amines) is 1. The molecule has 1 N–H and O–H groups in total. The molecule has 1 fully saturated rings. The fourth-order valence-electron chi connectivity index (χ4n) is 2.67. The molecule has 1 atom stereocenters. The predicted molar refractivity (Wildman–Crippen MR) is 83.1 cm³/mol. The molecule has 1 heterocycles. The van der Waals surface area contributed by atoms with Crippen molar-refractivity contribution in [2.24, 2.45) is 5.92 Å². The number of aliphatic carboxylic acids is 1. The fraction of sp³-hybridized carbons (Fsp3) is 0.500. The summed E-state index contributed by atoms with van der Waals surface area (Å²) < 4.78 is 18.5. The average Bonchev–Trinajstić information content (AvgIpc) is 2.49. The van der Waals surface area contributed by atoms with Crippen LogP contribution in [-0.4, -0.2) is 41.1 Å². The van der Waals surface area contributed by atoms with Crippen molar-refractivity contribution in [2.75, 3.05) is 13.1 Å². The molecule has 5 nitrogen and oxygen atoms in total. The number of ether oxygens (including phenoxy) is 1. The summed E-state index contributed by atoms with van der Waals surface area (Å²) >= 11 is 5.89. The van der Waals surface area contributed by atoms with Gasteiger partial charge in [0.05, 0.1) is 5.02 Å². The summed E-state index contributed by atoms with van der Waals surface area (Å²) in [7, 11) is 0. The third-order valence-electron chi connectivity index (χ3n) is 3.93. The normalized spacial score (nSPS) is 16.9. The molecule has 0 radical (unpaired) electrons. The van der Waals surface area contributed by atoms with Crippen LogP contribution in [0.4, 0.5) is 4.39 Å². The Bertz CT molecular complexity index is 587. The number of hydrogen-bond acceptors (Lipinski definition) is 3. The summed E-state index contributed by atoms with van der Waals surface area (Å²) in [6, 6.07) is 3.74. The minimum Gasteiger partial charge on any atom is -0.481 e. The smallest absolute Gasteiger partial charge is 0.303 e. The number of carboxylic acid groups (broad SMARTS) is 1. The largest absolute Gasteiger partial charge is 0.481 e. The van der Waals surface area contributed by atoms with Gasteiger partial charge >= 0.3 is 5.97 Å². The maximum atomic E-state index is 13.0. The molecule has 0 spiro atoms. The number of carbonyl (C=O) groups is 2. The first-order valence-corrected chi connectivity index (χ1v) is 7.87. The molecule has 2 rings (SSSR count). The first-order valence-electron chi connectivity index (χ1n) is 7.49. The van der Waals surface area contributed by atoms with E-state index < -0.39 is 17.9 Å². The maximum Gasteiger partial charge on any atom is 0.303 e. The summed E-state index contributed by atoms with van der Waals surface area (Å²) in [5.41, 5.74) is 0. The number of nitrogens with zero attached hydrogens (tertiary/aromatic N) is 1. The highest BCUT2D eigenvalue weighted by Crippen LogP contribution is 2.27. The lowest BCUT2D eigenvalue weighted by Gasteiger charge is -2.33. The molecule has 1 saturated heterocycles. The Labute approximate surface area is 139 Å². The van der Waals surface area contributed by atoms with Crippen LogP contribution in [0, 0.1) is 11.7 Å². The Morgan fingerprint density at radius 3 is 2.65 bits per heavy atom. The van der Waals surface area contributed by atoms with Crippen LogP contribution in [0.5, 0.6) is 5.75 Å². The minimum absolute atomic E-state index is 0.110. The van der Waals surface area contributed by atoms with E-state index in [-0.39, 0.29) is 29.0 Å². The zero-order valence-corrected chi connectivity index (χ0v) is 13.6. The van der Waals surface area contributed by atoms with Crippen molar-refractivity contribution in [1.82, 2.24) is 4.90 Å². The van der Waals surface area contributed by atoms with Gasteiger partial charge in [0, 0.05) is 19.5 Å². The van der Waals surface area contributed by atoms with Gasteiger partial charge in [0.2, 0.25) is 0 Å². The summed E-state index contributed by atoms with van der Waals surface area (Å²) in [5, 5.41) is 8.91. The molecule has 0 aromatic heterocycles. The number of hydrogen-bond donors (Lipinski definition) is 1. The number of carbonyl (C=O) groups excluding carboxylic acids is 1. The van der Waals surface area contributed by atoms with E-state index in [0.717, 1.165) is 6.07 Å². The molecule has 0 bridgehead atoms. The molecule has 0 aliphatic carbocycles. The zero-order chi connectivity index (χ0) is 17.0. The molecule has 0 saturated carbocycles. The molecular formula is C16H19ClFNO4. The van der Waals surface area contributed by atoms with Crippen molar-refractivity contribution in [3.05, 3.63) is 29.0 Å². The third kappa shape index (κ3) is 4.82. The van der Waals surface area contributed by atoms with Gasteiger partial charge in [-0.05, 0) is 43.9 Å². The van der Waals surface area contributed by atoms with E-state index in [1.165, 1.54) is 12.1 Å². The van der Waals surface area contributed by atoms with E-state index in [2.05, 4.69) is 0 Å². The van der Waals surface area contributed by atoms with Crippen molar-refractivity contribution < 1.29 is 23.8 Å². The molecule has 7 heteroatoms. The molecule has 1 amide bonds. The van der Waals surface area contributed by atoms with Gasteiger partial charge in [-0.25, -0.2) is 4.39 Å². The quantitative estimate of drug-likeness (QED) is 0.892. The van der Waals surface area contributed by atoms with Gasteiger partial charge in [-0.3, -0.25) is 9.59 Å². The number of amides is 1. The lowest BCUT2D eigenvalue weighted by molar-refractivity contribution is -0.140. The highest BCUT2D eigenvalue weighted by molar-refractivity contribution is 6.32. The second-order valence-electron chi connectivity index (χ2n) is 5.70. The molecule has 1 aromatic carbocycles. The molecule has 126 valence electrons. The van der Waals surface area contributed by atoms with Crippen LogP contribution in [0.25, 0.3) is 0 Å². The molecule has 23 heavy (non-hydrogen) atoms. The van der Waals surface area contributed by atoms with E-state index in [4.69, 9.17) is 21.4 Å². The van der Waals surface area contributed by atoms with Gasteiger partial charge in [0.25, 0.3) is 5.91 Å². The topological polar surface area (TPSA) is 66.8 Å². The third-order valence-corrected chi connectivity index (χ3v) is 4.23. The van der Waals surface area contributed by atoms with E-state index in [9.17, 15) is 14.0 Å². The molecule has 1 unspecified atom stereocenters. The van der Waals surface area contributed by atoms with Crippen LogP contribution in [0.2, 0.25) is 5.02 Å². The van der Waals surface area contributed by atoms with Crippen molar-refractivity contribution in [3.63, 3.8) is 0 Å². The van der Waals surface area contributed by atoms with Crippen LogP contribution in [0.15, 0.2) is 18.2 Å². The van der Waals surface area contributed by atoms with E-state index in [1.54, 1.807) is 11.8 Å². The predicted octanol–water partition coefficient (Wildman–Crippen LogP) is 2.96. The number of rotatable bonds is 5. The van der Waals surface area contributed by atoms with Gasteiger partial charge in [-0.2, -0.15) is 0 Å². The Hall–Kier alpha value is -1.82. The summed E-state index contributed by atoms with van der Waals surface area (Å²) in [5.74, 6) is -1.09. The zero-order valence-electron chi connectivity index (χ0n) is 12.8. The Balaban J connectivity index is 1.89. The second-order valence-corrected chi connectivity index (χ2v) is 6.11. The van der Waals surface area contributed by atoms with Crippen LogP contribution >= 0.6 is 11.6 Å². The van der Waals surface area contributed by atoms with Crippen molar-refractivity contribution in [2.45, 2.75) is 32.3 Å². The van der Waals surface area contributed by atoms with Gasteiger partial charge in [-0.1, -0.05) is 11.6 Å². The summed E-state index contributed by atoms with van der Waals surface area (Å²) in [6.07, 6.45) is 0.734. The lowest BCUT2D eigenvalue weighted by Crippen LogP contribution is -2.45. The maximum absolute atomic E-state index is 13.0. The average molecular weight is 344 g/mol. The van der Waals surface area contributed by atoms with Gasteiger partial charge in [0.1, 0.15) is 11.6 Å². The highest BCUT2D eigenvalue weighted by Gasteiger charge is 2.28. The first kappa shape index (κ1) is 17.5. The SMILES string of the molecule is CC(Oc1ccc(F)cc1Cl)C(=O)N1CCC(CC(=O)O)CC1. The number of benzene rings is 1. The Kier molecular flexibility index (Phi) is 5.82. The van der Waals surface area contributed by atoms with Crippen molar-refractivity contribution >= 4 is 23.5 Å². The lowest BCUT2D eigenvalue weighted by atomic mass is 9.93. The minimum atomic E-state index is -0.808. The van der Waals surface area contributed by atoms with Crippen LogP contribution in [0.3, 0.4) is 0 Å². The van der Waals surface area contributed by atoms with Crippen LogP contribution in [0.1, 0.15) is 26.2 Å². The molecular weight excluding hydrogens is 325 g/mol. The monoisotopic (exact) mass is 343 g/mol. The van der Waals surface area contributed by atoms with E-state index in [0.29, 0.717) is 25.9 Å². The van der Waals surface area contributed by atoms with E-state index >= 15 is 0 Å². The van der Waals surface area contributed by atoms with Gasteiger partial charge < -0.3 is 14.7 Å². The number of carboxylic acids is 1. The van der Waals surface area contributed by atoms with Gasteiger partial charge in [0.15, 0.2) is 6.10 Å². The molecule has 1 aliphatic heterocycles. The second kappa shape index (κ2) is 7.64. The first-order chi connectivity index (χ1) is 10.9. The molecule has 1 aromatic rings. The summed E-state index contributed by atoms with van der Waals surface area (Å²) in [4.78, 5) is 24.8. The number of piperidine rings is 1. The van der Waals surface area contributed by atoms with Crippen molar-refractivity contribution in [1.29, 1.82) is 0 Å². The van der Waals surface area contributed by atoms with Crippen LogP contribution < -0.4 is 4.74 Å². The van der Waals surface area contributed by atoms with Gasteiger partial charge in [-0.15, -0.1) is 0 Å². The number of halogens is 2. The Morgan fingerprint density at radius 1 is 1.43 bits per heavy atom. The highest BCUT2D eigenvalue weighted by atomic mass is 35.5. The standard InChI is InChI=1S/C16H19ClFNO4/c1-10(23-14-3-2-12(18)9-13(14)17)16(22)19-6-4-11(5-7-19)8-15(20)21/h2-3,9-11H,4-8H2,1H3,(H,20,21). The van der Waals surface area contributed by atoms with E-state index in [1.807, 2.05) is 0 Å². The van der Waals surface area contributed by atoms with Crippen molar-refractivity contribution in [3.8, 4) is 5.75 Å². The van der Waals surface area contributed by atoms with Crippen LogP contribution in [-0.2, 0) is 9.59 Å². The Morgan fingerprint density at radius 2 is 2.09 bits per heavy atom.